The number of thiazole rings is 1. The molecule has 1 aromatic heterocycles. The molecule has 0 aliphatic carbocycles. The van der Waals surface area contributed by atoms with Crippen LogP contribution < -0.4 is 21.7 Å². The van der Waals surface area contributed by atoms with E-state index in [-0.39, 0.29) is 18.1 Å². The Hall–Kier alpha value is -4.78. The first-order chi connectivity index (χ1) is 22.8. The van der Waals surface area contributed by atoms with E-state index in [1.807, 2.05) is 84.9 Å². The second-order valence-electron chi connectivity index (χ2n) is 11.4. The van der Waals surface area contributed by atoms with Crippen molar-refractivity contribution in [3.63, 3.8) is 0 Å². The monoisotopic (exact) mass is 657 g/mol. The lowest BCUT2D eigenvalue weighted by Crippen LogP contribution is -2.57. The number of carbonyl (C=O) groups is 3. The Kier molecular flexibility index (Phi) is 11.2. The molecule has 3 aromatic carbocycles. The number of carbonyl (C=O) groups excluding carboxylic acids is 3. The van der Waals surface area contributed by atoms with Crippen molar-refractivity contribution in [3.8, 4) is 0 Å². The van der Waals surface area contributed by atoms with Crippen molar-refractivity contribution in [1.82, 2.24) is 15.6 Å². The number of ether oxygens (including phenoxy) is 3. The van der Waals surface area contributed by atoms with E-state index in [1.54, 1.807) is 18.6 Å². The fraction of sp³-hybridized carbons (Fsp3) is 0.314. The molecular formula is C35H39N5O6S. The van der Waals surface area contributed by atoms with E-state index in [0.717, 1.165) is 21.6 Å². The average molecular weight is 658 g/mol. The zero-order valence-electron chi connectivity index (χ0n) is 26.3. The van der Waals surface area contributed by atoms with Crippen molar-refractivity contribution in [2.24, 2.45) is 5.73 Å². The number of methoxy groups -OCH3 is 1. The van der Waals surface area contributed by atoms with Gasteiger partial charge in [-0.1, -0.05) is 78.9 Å². The van der Waals surface area contributed by atoms with Gasteiger partial charge in [-0.05, 0) is 42.5 Å². The minimum Gasteiger partial charge on any atom is -0.453 e. The van der Waals surface area contributed by atoms with Crippen molar-refractivity contribution in [3.05, 3.63) is 118 Å². The van der Waals surface area contributed by atoms with Crippen LogP contribution in [0.15, 0.2) is 96.6 Å². The van der Waals surface area contributed by atoms with Gasteiger partial charge >= 0.3 is 12.2 Å². The van der Waals surface area contributed by atoms with E-state index in [9.17, 15) is 14.4 Å². The summed E-state index contributed by atoms with van der Waals surface area (Å²) >= 11 is 1.38. The molecule has 3 amide bonds. The van der Waals surface area contributed by atoms with Gasteiger partial charge in [-0.3, -0.25) is 9.78 Å². The summed E-state index contributed by atoms with van der Waals surface area (Å²) < 4.78 is 16.7. The van der Waals surface area contributed by atoms with Gasteiger partial charge in [0.2, 0.25) is 5.91 Å². The van der Waals surface area contributed by atoms with Gasteiger partial charge in [0, 0.05) is 24.3 Å². The molecule has 0 spiro atoms. The summed E-state index contributed by atoms with van der Waals surface area (Å²) in [6.07, 6.45) is 1.26. The summed E-state index contributed by atoms with van der Waals surface area (Å²) in [5.74, 6) is -0.858. The van der Waals surface area contributed by atoms with E-state index < -0.39 is 29.7 Å². The maximum Gasteiger partial charge on any atom is 0.407 e. The van der Waals surface area contributed by atoms with Gasteiger partial charge in [0.15, 0.2) is 5.60 Å². The van der Waals surface area contributed by atoms with Crippen molar-refractivity contribution in [1.29, 1.82) is 0 Å². The van der Waals surface area contributed by atoms with Crippen molar-refractivity contribution < 1.29 is 28.6 Å². The molecule has 1 saturated heterocycles. The molecule has 0 radical (unpaired) electrons. The Morgan fingerprint density at radius 1 is 1.04 bits per heavy atom. The summed E-state index contributed by atoms with van der Waals surface area (Å²) in [4.78, 5) is 43.2. The Labute approximate surface area is 277 Å². The number of rotatable bonds is 12. The van der Waals surface area contributed by atoms with Gasteiger partial charge < -0.3 is 35.9 Å². The quantitative estimate of drug-likeness (QED) is 0.167. The number of aryl methyl sites for hydroxylation is 1. The molecule has 5 rings (SSSR count). The van der Waals surface area contributed by atoms with Crippen molar-refractivity contribution >= 4 is 35.1 Å². The number of anilines is 1. The minimum absolute atomic E-state index is 0.122. The van der Waals surface area contributed by atoms with Crippen LogP contribution in [-0.4, -0.2) is 61.5 Å². The number of para-hydroxylation sites is 1. The molecule has 0 saturated carbocycles. The van der Waals surface area contributed by atoms with Crippen LogP contribution in [0, 0.1) is 0 Å². The number of alkyl carbamates (subject to hydrolysis) is 1. The maximum absolute atomic E-state index is 14.0. The third-order valence-corrected chi connectivity index (χ3v) is 9.38. The van der Waals surface area contributed by atoms with E-state index in [1.165, 1.54) is 18.4 Å². The third-order valence-electron chi connectivity index (χ3n) is 8.39. The van der Waals surface area contributed by atoms with Crippen LogP contribution in [0.3, 0.4) is 0 Å². The molecule has 246 valence electrons. The SMILES string of the molecule is COC(=O)N[C@H](C(=O)Nc1ccccc1CC[C@@H]1CN[C@H](C(C)(OC(N)=O)c2cncs2)CO1)C(c1ccccc1)c1ccccc1. The highest BCUT2D eigenvalue weighted by atomic mass is 32.1. The van der Waals surface area contributed by atoms with Crippen LogP contribution >= 0.6 is 11.3 Å². The number of benzene rings is 3. The van der Waals surface area contributed by atoms with E-state index in [2.05, 4.69) is 20.9 Å². The van der Waals surface area contributed by atoms with Gasteiger partial charge in [-0.2, -0.15) is 0 Å². The number of primary amides is 1. The highest BCUT2D eigenvalue weighted by Gasteiger charge is 2.43. The molecule has 0 bridgehead atoms. The fourth-order valence-electron chi connectivity index (χ4n) is 5.90. The zero-order chi connectivity index (χ0) is 33.2. The first kappa shape index (κ1) is 33.6. The Morgan fingerprint density at radius 3 is 2.28 bits per heavy atom. The summed E-state index contributed by atoms with van der Waals surface area (Å²) in [5.41, 5.74) is 9.36. The Balaban J connectivity index is 1.29. The summed E-state index contributed by atoms with van der Waals surface area (Å²) in [6.45, 7) is 2.62. The Bertz CT molecular complexity index is 1580. The maximum atomic E-state index is 14.0. The predicted octanol–water partition coefficient (Wildman–Crippen LogP) is 4.94. The lowest BCUT2D eigenvalue weighted by Gasteiger charge is -2.40. The second-order valence-corrected chi connectivity index (χ2v) is 12.3. The van der Waals surface area contributed by atoms with Crippen LogP contribution in [0.5, 0.6) is 0 Å². The third kappa shape index (κ3) is 8.33. The average Bonchev–Trinajstić information content (AvgIpc) is 3.65. The highest BCUT2D eigenvalue weighted by Crippen LogP contribution is 2.34. The van der Waals surface area contributed by atoms with E-state index in [4.69, 9.17) is 19.9 Å². The smallest absolute Gasteiger partial charge is 0.407 e. The number of nitrogens with one attached hydrogen (secondary N) is 3. The molecule has 2 heterocycles. The van der Waals surface area contributed by atoms with Crippen LogP contribution in [0.2, 0.25) is 0 Å². The molecule has 1 fully saturated rings. The number of hydrogen-bond donors (Lipinski definition) is 4. The first-order valence-electron chi connectivity index (χ1n) is 15.3. The number of aromatic nitrogens is 1. The molecule has 1 aliphatic heterocycles. The van der Waals surface area contributed by atoms with Crippen LogP contribution in [0.25, 0.3) is 0 Å². The van der Waals surface area contributed by atoms with Crippen molar-refractivity contribution in [2.75, 3.05) is 25.6 Å². The number of amides is 3. The normalized spacial score (nSPS) is 18.0. The molecule has 12 heteroatoms. The molecule has 5 N–H and O–H groups in total. The molecule has 47 heavy (non-hydrogen) atoms. The predicted molar refractivity (Wildman–Crippen MR) is 179 cm³/mol. The summed E-state index contributed by atoms with van der Waals surface area (Å²) in [7, 11) is 1.27. The number of morpholine rings is 1. The molecule has 11 nitrogen and oxygen atoms in total. The second kappa shape index (κ2) is 15.7. The van der Waals surface area contributed by atoms with Crippen LogP contribution in [0.1, 0.15) is 40.8 Å². The van der Waals surface area contributed by atoms with Gasteiger partial charge in [-0.25, -0.2) is 9.59 Å². The van der Waals surface area contributed by atoms with Gasteiger partial charge in [0.05, 0.1) is 36.3 Å². The van der Waals surface area contributed by atoms with Gasteiger partial charge in [-0.15, -0.1) is 11.3 Å². The summed E-state index contributed by atoms with van der Waals surface area (Å²) in [6, 6.07) is 25.5. The fourth-order valence-corrected chi connectivity index (χ4v) is 6.67. The number of hydrogen-bond acceptors (Lipinski definition) is 9. The molecule has 1 unspecified atom stereocenters. The largest absolute Gasteiger partial charge is 0.453 e. The lowest BCUT2D eigenvalue weighted by atomic mass is 9.84. The lowest BCUT2D eigenvalue weighted by molar-refractivity contribution is -0.118. The summed E-state index contributed by atoms with van der Waals surface area (Å²) in [5, 5.41) is 9.33. The number of nitrogens with zero attached hydrogens (tertiary/aromatic N) is 1. The van der Waals surface area contributed by atoms with Crippen LogP contribution in [0.4, 0.5) is 15.3 Å². The molecular weight excluding hydrogens is 618 g/mol. The van der Waals surface area contributed by atoms with E-state index >= 15 is 0 Å². The first-order valence-corrected chi connectivity index (χ1v) is 16.2. The van der Waals surface area contributed by atoms with Gasteiger partial charge in [0.25, 0.3) is 0 Å². The molecule has 4 atom stereocenters. The van der Waals surface area contributed by atoms with E-state index in [0.29, 0.717) is 31.7 Å². The van der Waals surface area contributed by atoms with Gasteiger partial charge in [0.1, 0.15) is 6.04 Å². The molecule has 1 aliphatic rings. The molecule has 4 aromatic rings. The topological polar surface area (TPSA) is 154 Å². The highest BCUT2D eigenvalue weighted by molar-refractivity contribution is 7.09. The number of nitrogens with two attached hydrogens (primary N) is 1. The zero-order valence-corrected chi connectivity index (χ0v) is 27.1. The van der Waals surface area contributed by atoms with Crippen LogP contribution in [-0.2, 0) is 31.0 Å². The Morgan fingerprint density at radius 2 is 1.70 bits per heavy atom. The minimum atomic E-state index is -1.03. The van der Waals surface area contributed by atoms with Crippen molar-refractivity contribution in [2.45, 2.75) is 49.5 Å². The standard InChI is InChI=1S/C35H39N5O6S/c1-35(46-33(36)42,29-20-37-22-47-29)28-21-45-26(19-38-28)18-17-23-11-9-10-16-27(23)39-32(41)31(40-34(43)44-2)30(24-12-5-3-6-13-24)25-14-7-4-8-15-25/h3-16,20,22,26,28,30-31,38H,17-19,21H2,1-2H3,(H2,36,42)(H,39,41)(H,40,43)/t26-,28+,31+,35?/m1/s1.